The average Bonchev–Trinajstić information content (AvgIpc) is 3.22. The van der Waals surface area contributed by atoms with Crippen molar-refractivity contribution in [3.8, 4) is 23.5 Å². The van der Waals surface area contributed by atoms with Crippen molar-refractivity contribution in [2.75, 3.05) is 5.73 Å². The number of hydrogen-bond donors (Lipinski definition) is 1. The van der Waals surface area contributed by atoms with E-state index >= 15 is 0 Å². The molecule has 0 bridgehead atoms. The first-order valence-corrected chi connectivity index (χ1v) is 8.00. The van der Waals surface area contributed by atoms with Crippen LogP contribution in [0.3, 0.4) is 0 Å². The summed E-state index contributed by atoms with van der Waals surface area (Å²) in [6.45, 7) is 0. The van der Waals surface area contributed by atoms with E-state index in [1.54, 1.807) is 12.1 Å². The van der Waals surface area contributed by atoms with Crippen LogP contribution in [-0.2, 0) is 0 Å². The summed E-state index contributed by atoms with van der Waals surface area (Å²) in [6.07, 6.45) is 1.24. The number of pyridine rings is 1. The van der Waals surface area contributed by atoms with Crippen LogP contribution in [0.1, 0.15) is 11.1 Å². The number of nitrogens with two attached hydrogens (primary N) is 1. The van der Waals surface area contributed by atoms with Crippen molar-refractivity contribution >= 4 is 17.6 Å². The van der Waals surface area contributed by atoms with E-state index in [0.717, 1.165) is 0 Å². The minimum absolute atomic E-state index is 0.0125. The normalized spacial score (nSPS) is 10.5. The Morgan fingerprint density at radius 1 is 0.929 bits per heavy atom. The zero-order valence-corrected chi connectivity index (χ0v) is 14.2. The molecule has 1 aromatic carbocycles. The fraction of sp³-hybridized carbons (Fsp3) is 0. The lowest BCUT2D eigenvalue weighted by atomic mass is 10.0. The Bertz CT molecular complexity index is 1150. The summed E-state index contributed by atoms with van der Waals surface area (Å²) in [5, 5.41) is 18.3. The van der Waals surface area contributed by atoms with E-state index in [1.807, 2.05) is 0 Å². The van der Waals surface area contributed by atoms with Gasteiger partial charge in [-0.1, -0.05) is 11.8 Å². The fourth-order valence-electron chi connectivity index (χ4n) is 2.31. The first-order chi connectivity index (χ1) is 13.3. The van der Waals surface area contributed by atoms with Crippen molar-refractivity contribution in [3.05, 3.63) is 58.6 Å². The molecule has 28 heavy (non-hydrogen) atoms. The van der Waals surface area contributed by atoms with Crippen LogP contribution in [0.15, 0.2) is 32.7 Å². The molecule has 3 rings (SSSR count). The molecule has 0 unspecified atom stereocenters. The van der Waals surface area contributed by atoms with Gasteiger partial charge < -0.3 is 10.2 Å². The van der Waals surface area contributed by atoms with E-state index in [-0.39, 0.29) is 34.2 Å². The molecule has 11 heteroatoms. The summed E-state index contributed by atoms with van der Waals surface area (Å²) in [7, 11) is 0. The van der Waals surface area contributed by atoms with Crippen molar-refractivity contribution in [2.24, 2.45) is 0 Å². The largest absolute Gasteiger partial charge is 0.464 e. The topological polar surface area (TPSA) is 99.6 Å². The standard InChI is InChI=1S/C17H5F5N4OS/c18-10-11(19)13(21)15(14(22)12(10)20)28-17-7(5-24)9(8-2-1-3-27-8)6(4-23)16(25)26-17/h1-3H,(H2,25,26). The van der Waals surface area contributed by atoms with Crippen molar-refractivity contribution in [2.45, 2.75) is 9.92 Å². The van der Waals surface area contributed by atoms with Gasteiger partial charge in [0.25, 0.3) is 0 Å². The second-order valence-electron chi connectivity index (χ2n) is 5.13. The lowest BCUT2D eigenvalue weighted by Gasteiger charge is -2.12. The predicted molar refractivity (Wildman–Crippen MR) is 86.1 cm³/mol. The molecule has 0 fully saturated rings. The number of hydrogen-bond acceptors (Lipinski definition) is 6. The van der Waals surface area contributed by atoms with Crippen molar-refractivity contribution in [1.82, 2.24) is 4.98 Å². The quantitative estimate of drug-likeness (QED) is 0.389. The maximum Gasteiger partial charge on any atom is 0.200 e. The molecule has 3 aromatic rings. The van der Waals surface area contributed by atoms with Gasteiger partial charge in [-0.3, -0.25) is 0 Å². The number of nitrogen functional groups attached to an aromatic ring is 1. The summed E-state index contributed by atoms with van der Waals surface area (Å²) in [5.41, 5.74) is 4.94. The second-order valence-corrected chi connectivity index (χ2v) is 6.13. The molecule has 0 aliphatic heterocycles. The first-order valence-electron chi connectivity index (χ1n) is 7.18. The number of benzene rings is 1. The molecule has 0 saturated heterocycles. The maximum atomic E-state index is 14.0. The first kappa shape index (κ1) is 19.2. The Morgan fingerprint density at radius 2 is 1.50 bits per heavy atom. The maximum absolute atomic E-state index is 14.0. The van der Waals surface area contributed by atoms with Crippen LogP contribution < -0.4 is 5.73 Å². The van der Waals surface area contributed by atoms with E-state index in [0.29, 0.717) is 0 Å². The number of furan rings is 1. The van der Waals surface area contributed by atoms with Crippen LogP contribution in [0.25, 0.3) is 11.3 Å². The van der Waals surface area contributed by atoms with Gasteiger partial charge >= 0.3 is 0 Å². The third-order valence-electron chi connectivity index (χ3n) is 3.55. The number of nitrogens with zero attached hydrogens (tertiary/aromatic N) is 3. The molecule has 2 aromatic heterocycles. The molecule has 0 spiro atoms. The van der Waals surface area contributed by atoms with Gasteiger partial charge in [-0.15, -0.1) is 0 Å². The molecule has 2 heterocycles. The number of halogens is 5. The van der Waals surface area contributed by atoms with Gasteiger partial charge in [0.1, 0.15) is 34.3 Å². The van der Waals surface area contributed by atoms with Gasteiger partial charge in [-0.2, -0.15) is 10.5 Å². The molecule has 0 atom stereocenters. The molecule has 2 N–H and O–H groups in total. The second kappa shape index (κ2) is 7.21. The van der Waals surface area contributed by atoms with E-state index in [1.165, 1.54) is 18.4 Å². The van der Waals surface area contributed by atoms with E-state index in [4.69, 9.17) is 10.2 Å². The van der Waals surface area contributed by atoms with Crippen LogP contribution in [0.2, 0.25) is 0 Å². The summed E-state index contributed by atoms with van der Waals surface area (Å²) < 4.78 is 73.2. The molecular weight excluding hydrogens is 403 g/mol. The van der Waals surface area contributed by atoms with Crippen LogP contribution in [0.5, 0.6) is 0 Å². The molecular formula is C17H5F5N4OS. The number of aromatic nitrogens is 1. The monoisotopic (exact) mass is 408 g/mol. The van der Waals surface area contributed by atoms with Gasteiger partial charge in [-0.25, -0.2) is 26.9 Å². The van der Waals surface area contributed by atoms with Crippen molar-refractivity contribution in [3.63, 3.8) is 0 Å². The fourth-order valence-corrected chi connectivity index (χ4v) is 3.26. The van der Waals surface area contributed by atoms with Gasteiger partial charge in [0, 0.05) is 0 Å². The van der Waals surface area contributed by atoms with Gasteiger partial charge in [0.05, 0.1) is 22.3 Å². The average molecular weight is 408 g/mol. The lowest BCUT2D eigenvalue weighted by Crippen LogP contribution is -2.06. The third kappa shape index (κ3) is 2.92. The zero-order valence-electron chi connectivity index (χ0n) is 13.4. The van der Waals surface area contributed by atoms with E-state index in [2.05, 4.69) is 4.98 Å². The van der Waals surface area contributed by atoms with Crippen LogP contribution in [0, 0.1) is 51.7 Å². The van der Waals surface area contributed by atoms with Crippen molar-refractivity contribution < 1.29 is 26.4 Å². The zero-order chi connectivity index (χ0) is 20.6. The van der Waals surface area contributed by atoms with E-state index in [9.17, 15) is 32.5 Å². The summed E-state index contributed by atoms with van der Waals surface area (Å²) in [4.78, 5) is 2.46. The van der Waals surface area contributed by atoms with Crippen LogP contribution in [-0.4, -0.2) is 4.98 Å². The van der Waals surface area contributed by atoms with Crippen LogP contribution in [0.4, 0.5) is 27.8 Å². The van der Waals surface area contributed by atoms with E-state index < -0.39 is 44.8 Å². The summed E-state index contributed by atoms with van der Waals surface area (Å²) in [6, 6.07) is 6.28. The highest BCUT2D eigenvalue weighted by Gasteiger charge is 2.29. The van der Waals surface area contributed by atoms with Crippen LogP contribution >= 0.6 is 11.8 Å². The molecule has 0 saturated carbocycles. The molecule has 0 aliphatic rings. The summed E-state index contributed by atoms with van der Waals surface area (Å²) >= 11 is 0.0125. The molecule has 5 nitrogen and oxygen atoms in total. The highest BCUT2D eigenvalue weighted by atomic mass is 32.2. The Morgan fingerprint density at radius 3 is 2.00 bits per heavy atom. The smallest absolute Gasteiger partial charge is 0.200 e. The molecule has 140 valence electrons. The Labute approximate surface area is 157 Å². The Kier molecular flexibility index (Phi) is 4.94. The minimum atomic E-state index is -2.32. The highest BCUT2D eigenvalue weighted by molar-refractivity contribution is 7.99. The van der Waals surface area contributed by atoms with Gasteiger partial charge in [0.15, 0.2) is 23.3 Å². The Balaban J connectivity index is 2.29. The Hall–Kier alpha value is -3.57. The predicted octanol–water partition coefficient (Wildman–Crippen LogP) is 4.51. The number of anilines is 1. The SMILES string of the molecule is N#Cc1c(N)nc(Sc2c(F)c(F)c(F)c(F)c2F)c(C#N)c1-c1ccco1. The third-order valence-corrected chi connectivity index (χ3v) is 4.60. The van der Waals surface area contributed by atoms with Crippen molar-refractivity contribution in [1.29, 1.82) is 10.5 Å². The van der Waals surface area contributed by atoms with Gasteiger partial charge in [-0.05, 0) is 12.1 Å². The molecule has 0 radical (unpaired) electrons. The number of nitriles is 2. The number of rotatable bonds is 3. The lowest BCUT2D eigenvalue weighted by molar-refractivity contribution is 0.361. The molecule has 0 amide bonds. The summed E-state index contributed by atoms with van der Waals surface area (Å²) in [5.74, 6) is -11.2. The highest BCUT2D eigenvalue weighted by Crippen LogP contribution is 2.41. The minimum Gasteiger partial charge on any atom is -0.464 e. The molecule has 0 aliphatic carbocycles. The van der Waals surface area contributed by atoms with Gasteiger partial charge in [0.2, 0.25) is 5.82 Å².